The molecule has 0 aliphatic carbocycles. The Labute approximate surface area is 164 Å². The van der Waals surface area contributed by atoms with Crippen molar-refractivity contribution in [1.82, 2.24) is 4.57 Å². The first-order valence-corrected chi connectivity index (χ1v) is 9.28. The zero-order chi connectivity index (χ0) is 20.7. The van der Waals surface area contributed by atoms with E-state index in [9.17, 15) is 14.4 Å². The molecule has 0 unspecified atom stereocenters. The Hall–Kier alpha value is -3.09. The lowest BCUT2D eigenvalue weighted by Crippen LogP contribution is -2.21. The van der Waals surface area contributed by atoms with Crippen molar-refractivity contribution in [1.29, 1.82) is 0 Å². The smallest absolute Gasteiger partial charge is 0.340 e. The average Bonchev–Trinajstić information content (AvgIpc) is 2.98. The van der Waals surface area contributed by atoms with E-state index in [2.05, 4.69) is 5.32 Å². The third-order valence-corrected chi connectivity index (χ3v) is 4.29. The third-order valence-electron chi connectivity index (χ3n) is 4.29. The molecule has 0 fully saturated rings. The summed E-state index contributed by atoms with van der Waals surface area (Å²) in [4.78, 5) is 36.0. The summed E-state index contributed by atoms with van der Waals surface area (Å²) >= 11 is 0. The average molecular weight is 386 g/mol. The van der Waals surface area contributed by atoms with Crippen LogP contribution in [0.25, 0.3) is 0 Å². The molecule has 0 radical (unpaired) electrons. The van der Waals surface area contributed by atoms with Crippen molar-refractivity contribution in [2.24, 2.45) is 0 Å². The van der Waals surface area contributed by atoms with Gasteiger partial charge >= 0.3 is 11.9 Å². The number of amides is 1. The van der Waals surface area contributed by atoms with Gasteiger partial charge in [0, 0.05) is 23.6 Å². The van der Waals surface area contributed by atoms with Crippen LogP contribution in [0.3, 0.4) is 0 Å². The van der Waals surface area contributed by atoms with Gasteiger partial charge in [-0.2, -0.15) is 0 Å². The van der Waals surface area contributed by atoms with Crippen LogP contribution in [0.1, 0.15) is 52.4 Å². The van der Waals surface area contributed by atoms with Crippen molar-refractivity contribution in [3.8, 4) is 0 Å². The van der Waals surface area contributed by atoms with Crippen LogP contribution in [0.15, 0.2) is 30.3 Å². The topological polar surface area (TPSA) is 86.6 Å². The highest BCUT2D eigenvalue weighted by Crippen LogP contribution is 2.16. The molecule has 7 heteroatoms. The molecule has 0 atom stereocenters. The van der Waals surface area contributed by atoms with Gasteiger partial charge in [-0.1, -0.05) is 6.92 Å². The fourth-order valence-electron chi connectivity index (χ4n) is 2.87. The summed E-state index contributed by atoms with van der Waals surface area (Å²) in [5.41, 5.74) is 3.15. The second-order valence-corrected chi connectivity index (χ2v) is 6.37. The Morgan fingerprint density at radius 2 is 1.68 bits per heavy atom. The first-order chi connectivity index (χ1) is 13.4. The summed E-state index contributed by atoms with van der Waals surface area (Å²) in [5, 5.41) is 2.63. The Morgan fingerprint density at radius 1 is 1.00 bits per heavy atom. The van der Waals surface area contributed by atoms with E-state index >= 15 is 0 Å². The van der Waals surface area contributed by atoms with E-state index in [-0.39, 0.29) is 0 Å². The monoisotopic (exact) mass is 386 g/mol. The summed E-state index contributed by atoms with van der Waals surface area (Å²) in [6.07, 6.45) is 0.751. The standard InChI is InChI=1S/C21H26N2O5/c1-5-11-27-20(25)16-7-9-17(10-8-16)22-19(24)13-28-21(26)18-12-14(3)23(6-2)15(18)4/h7-10,12H,5-6,11,13H2,1-4H3,(H,22,24). The van der Waals surface area contributed by atoms with Gasteiger partial charge in [0.1, 0.15) is 0 Å². The van der Waals surface area contributed by atoms with E-state index in [1.165, 1.54) is 0 Å². The predicted molar refractivity (Wildman–Crippen MR) is 106 cm³/mol. The van der Waals surface area contributed by atoms with E-state index < -0.39 is 24.5 Å². The van der Waals surface area contributed by atoms with E-state index in [0.29, 0.717) is 23.4 Å². The van der Waals surface area contributed by atoms with Crippen LogP contribution in [0.4, 0.5) is 5.69 Å². The van der Waals surface area contributed by atoms with Crippen LogP contribution in [0.5, 0.6) is 0 Å². The Balaban J connectivity index is 1.88. The van der Waals surface area contributed by atoms with Crippen molar-refractivity contribution in [3.05, 3.63) is 52.8 Å². The lowest BCUT2D eigenvalue weighted by atomic mass is 10.2. The van der Waals surface area contributed by atoms with Crippen LogP contribution in [0, 0.1) is 13.8 Å². The van der Waals surface area contributed by atoms with Gasteiger partial charge in [0.05, 0.1) is 17.7 Å². The lowest BCUT2D eigenvalue weighted by molar-refractivity contribution is -0.119. The Bertz CT molecular complexity index is 852. The molecule has 2 aromatic rings. The van der Waals surface area contributed by atoms with Gasteiger partial charge in [-0.3, -0.25) is 4.79 Å². The number of benzene rings is 1. The fraction of sp³-hybridized carbons (Fsp3) is 0.381. The zero-order valence-corrected chi connectivity index (χ0v) is 16.7. The number of ether oxygens (including phenoxy) is 2. The summed E-state index contributed by atoms with van der Waals surface area (Å²) in [5.74, 6) is -1.39. The number of aromatic nitrogens is 1. The van der Waals surface area contributed by atoms with Gasteiger partial charge in [-0.15, -0.1) is 0 Å². The number of carbonyl (C=O) groups excluding carboxylic acids is 3. The molecule has 28 heavy (non-hydrogen) atoms. The van der Waals surface area contributed by atoms with Gasteiger partial charge < -0.3 is 19.4 Å². The molecule has 0 saturated carbocycles. The lowest BCUT2D eigenvalue weighted by Gasteiger charge is -2.08. The van der Waals surface area contributed by atoms with E-state index in [1.54, 1.807) is 30.3 Å². The fourth-order valence-corrected chi connectivity index (χ4v) is 2.87. The first-order valence-electron chi connectivity index (χ1n) is 9.28. The molecule has 0 aliphatic rings. The normalized spacial score (nSPS) is 10.4. The van der Waals surface area contributed by atoms with Crippen molar-refractivity contribution in [2.75, 3.05) is 18.5 Å². The van der Waals surface area contributed by atoms with Gasteiger partial charge in [-0.25, -0.2) is 9.59 Å². The molecule has 1 amide bonds. The number of hydrogen-bond acceptors (Lipinski definition) is 5. The molecule has 1 aromatic heterocycles. The van der Waals surface area contributed by atoms with E-state index in [0.717, 1.165) is 24.4 Å². The van der Waals surface area contributed by atoms with Crippen molar-refractivity contribution < 1.29 is 23.9 Å². The third kappa shape index (κ3) is 5.22. The van der Waals surface area contributed by atoms with Crippen LogP contribution in [-0.2, 0) is 20.8 Å². The SMILES string of the molecule is CCCOC(=O)c1ccc(NC(=O)COC(=O)c2cc(C)n(CC)c2C)cc1. The molecule has 0 aliphatic heterocycles. The highest BCUT2D eigenvalue weighted by atomic mass is 16.5. The zero-order valence-electron chi connectivity index (χ0n) is 16.7. The number of nitrogens with one attached hydrogen (secondary N) is 1. The second kappa shape index (κ2) is 9.73. The van der Waals surface area contributed by atoms with Crippen LogP contribution >= 0.6 is 0 Å². The van der Waals surface area contributed by atoms with Crippen molar-refractivity contribution in [3.63, 3.8) is 0 Å². The van der Waals surface area contributed by atoms with Gasteiger partial charge in [-0.05, 0) is 57.5 Å². The number of rotatable bonds is 8. The van der Waals surface area contributed by atoms with Crippen LogP contribution < -0.4 is 5.32 Å². The molecule has 1 heterocycles. The summed E-state index contributed by atoms with van der Waals surface area (Å²) in [6, 6.07) is 8.09. The molecule has 1 N–H and O–H groups in total. The minimum absolute atomic E-state index is 0.364. The van der Waals surface area contributed by atoms with E-state index in [4.69, 9.17) is 9.47 Å². The molecule has 1 aromatic carbocycles. The van der Waals surface area contributed by atoms with Gasteiger partial charge in [0.25, 0.3) is 5.91 Å². The summed E-state index contributed by atoms with van der Waals surface area (Å²) < 4.78 is 12.2. The quantitative estimate of drug-likeness (QED) is 0.702. The number of aryl methyl sites for hydroxylation is 1. The largest absolute Gasteiger partial charge is 0.462 e. The van der Waals surface area contributed by atoms with Gasteiger partial charge in [0.15, 0.2) is 6.61 Å². The summed E-state index contributed by atoms with van der Waals surface area (Å²) in [7, 11) is 0. The number of esters is 2. The second-order valence-electron chi connectivity index (χ2n) is 6.37. The molecule has 2 rings (SSSR count). The molecular formula is C21H26N2O5. The van der Waals surface area contributed by atoms with Gasteiger partial charge in [0.2, 0.25) is 0 Å². The Kier molecular flexibility index (Phi) is 7.37. The molecule has 0 spiro atoms. The maximum absolute atomic E-state index is 12.2. The van der Waals surface area contributed by atoms with Crippen LogP contribution in [0.2, 0.25) is 0 Å². The maximum Gasteiger partial charge on any atom is 0.340 e. The highest BCUT2D eigenvalue weighted by Gasteiger charge is 2.17. The number of nitrogens with zero attached hydrogens (tertiary/aromatic N) is 1. The van der Waals surface area contributed by atoms with Crippen molar-refractivity contribution >= 4 is 23.5 Å². The first kappa shape index (κ1) is 21.2. The Morgan fingerprint density at radius 3 is 2.25 bits per heavy atom. The minimum atomic E-state index is -0.531. The van der Waals surface area contributed by atoms with Crippen LogP contribution in [-0.4, -0.2) is 35.6 Å². The van der Waals surface area contributed by atoms with Crippen molar-refractivity contribution in [2.45, 2.75) is 40.7 Å². The number of carbonyl (C=O) groups is 3. The minimum Gasteiger partial charge on any atom is -0.462 e. The molecule has 7 nitrogen and oxygen atoms in total. The summed E-state index contributed by atoms with van der Waals surface area (Å²) in [6.45, 7) is 8.41. The highest BCUT2D eigenvalue weighted by molar-refractivity contribution is 5.96. The predicted octanol–water partition coefficient (Wildman–Crippen LogP) is 3.49. The maximum atomic E-state index is 12.2. The molecule has 0 saturated heterocycles. The van der Waals surface area contributed by atoms with E-state index in [1.807, 2.05) is 32.3 Å². The molecular weight excluding hydrogens is 360 g/mol. The number of anilines is 1. The molecule has 150 valence electrons. The number of hydrogen-bond donors (Lipinski definition) is 1. The molecule has 0 bridgehead atoms.